The smallest absolute Gasteiger partial charge is 0.164 e. The second kappa shape index (κ2) is 12.0. The lowest BCUT2D eigenvalue weighted by molar-refractivity contribution is -0.00515. The highest BCUT2D eigenvalue weighted by Gasteiger charge is 2.51. The molecule has 8 aromatic rings. The molecule has 0 aliphatic heterocycles. The number of aromatic nitrogens is 3. The van der Waals surface area contributed by atoms with E-state index in [2.05, 4.69) is 147 Å². The second-order valence-corrected chi connectivity index (χ2v) is 19.0. The first-order valence-corrected chi connectivity index (χ1v) is 21.3. The molecule has 4 heteroatoms. The first-order valence-electron chi connectivity index (χ1n) is 20.5. The highest BCUT2D eigenvalue weighted by Crippen LogP contribution is 2.61. The molecule has 0 N–H and O–H groups in total. The van der Waals surface area contributed by atoms with Gasteiger partial charge in [-0.15, -0.1) is 11.3 Å². The average molecular weight is 742 g/mol. The summed E-state index contributed by atoms with van der Waals surface area (Å²) in [4.78, 5) is 16.3. The summed E-state index contributed by atoms with van der Waals surface area (Å²) in [6.07, 6.45) is 8.21. The van der Waals surface area contributed by atoms with Crippen molar-refractivity contribution in [1.82, 2.24) is 15.0 Å². The van der Waals surface area contributed by atoms with Gasteiger partial charge in [-0.1, -0.05) is 117 Å². The number of nitrogens with zero attached hydrogens (tertiary/aromatic N) is 3. The largest absolute Gasteiger partial charge is 0.208 e. The van der Waals surface area contributed by atoms with Crippen LogP contribution in [0.25, 0.3) is 76.6 Å². The maximum absolute atomic E-state index is 5.47. The minimum absolute atomic E-state index is 0.126. The molecule has 6 aromatic carbocycles. The molecule has 0 spiro atoms. The summed E-state index contributed by atoms with van der Waals surface area (Å²) in [6.45, 7) is 4.68. The summed E-state index contributed by atoms with van der Waals surface area (Å²) >= 11 is 1.84. The van der Waals surface area contributed by atoms with Crippen LogP contribution in [0.4, 0.5) is 0 Å². The van der Waals surface area contributed by atoms with Gasteiger partial charge >= 0.3 is 0 Å². The Morgan fingerprint density at radius 1 is 0.482 bits per heavy atom. The van der Waals surface area contributed by atoms with E-state index in [-0.39, 0.29) is 10.8 Å². The lowest BCUT2D eigenvalue weighted by atomic mass is 9.48. The van der Waals surface area contributed by atoms with E-state index in [1.807, 2.05) is 11.3 Å². The number of hydrogen-bond acceptors (Lipinski definition) is 4. The summed E-state index contributed by atoms with van der Waals surface area (Å²) in [5, 5.41) is 2.47. The summed E-state index contributed by atoms with van der Waals surface area (Å²) in [5.41, 5.74) is 12.6. The van der Waals surface area contributed by atoms with Crippen molar-refractivity contribution in [2.45, 2.75) is 63.2 Å². The molecule has 2 heterocycles. The monoisotopic (exact) mass is 741 g/mol. The van der Waals surface area contributed by atoms with Gasteiger partial charge in [-0.25, -0.2) is 15.0 Å². The molecule has 2 aromatic heterocycles. The average Bonchev–Trinajstić information content (AvgIpc) is 3.72. The Labute approximate surface area is 332 Å². The Balaban J connectivity index is 1.09. The third-order valence-electron chi connectivity index (χ3n) is 14.1. The molecule has 0 amide bonds. The Morgan fingerprint density at radius 3 is 1.91 bits per heavy atom. The molecule has 13 rings (SSSR count). The zero-order valence-electron chi connectivity index (χ0n) is 31.9. The molecular weight excluding hydrogens is 699 g/mol. The normalized spacial score (nSPS) is 22.8. The fourth-order valence-electron chi connectivity index (χ4n) is 11.9. The van der Waals surface area contributed by atoms with Gasteiger partial charge in [0.15, 0.2) is 17.5 Å². The van der Waals surface area contributed by atoms with Crippen molar-refractivity contribution in [2.75, 3.05) is 0 Å². The van der Waals surface area contributed by atoms with E-state index in [4.69, 9.17) is 15.0 Å². The van der Waals surface area contributed by atoms with E-state index in [1.54, 1.807) is 0 Å². The number of rotatable bonds is 5. The standard InChI is InChI=1S/C52H43N3S/c1-51(2)43-16-8-6-13-39(43)40-20-19-35(27-44(40)51)48-53-49(55-50(54-48)42-15-10-18-46-47(42)41-14-7-9-17-45(41)56-46)37-24-36(34-11-4-3-5-12-34)25-38(26-37)52-28-31-21-32(29-52)23-33(22-31)30-52/h3-20,24-27,31-33H,21-23,28-30H2,1-2H3. The van der Waals surface area contributed by atoms with Crippen LogP contribution in [-0.2, 0) is 10.8 Å². The summed E-state index contributed by atoms with van der Waals surface area (Å²) in [7, 11) is 0. The molecule has 3 nitrogen and oxygen atoms in total. The maximum Gasteiger partial charge on any atom is 0.164 e. The lowest BCUT2D eigenvalue weighted by Crippen LogP contribution is -2.48. The molecular formula is C52H43N3S. The first-order chi connectivity index (χ1) is 27.4. The van der Waals surface area contributed by atoms with E-state index >= 15 is 0 Å². The summed E-state index contributed by atoms with van der Waals surface area (Å²) < 4.78 is 2.53. The summed E-state index contributed by atoms with van der Waals surface area (Å²) in [6, 6.07) is 49.3. The van der Waals surface area contributed by atoms with Gasteiger partial charge in [0.05, 0.1) is 0 Å². The van der Waals surface area contributed by atoms with Gasteiger partial charge < -0.3 is 0 Å². The number of thiophene rings is 1. The molecule has 0 saturated heterocycles. The number of hydrogen-bond donors (Lipinski definition) is 0. The third-order valence-corrected chi connectivity index (χ3v) is 15.2. The van der Waals surface area contributed by atoms with Crippen molar-refractivity contribution in [3.63, 3.8) is 0 Å². The third kappa shape index (κ3) is 4.97. The van der Waals surface area contributed by atoms with E-state index in [0.717, 1.165) is 51.9 Å². The topological polar surface area (TPSA) is 38.7 Å². The Hall–Kier alpha value is -5.45. The van der Waals surface area contributed by atoms with Crippen LogP contribution in [0.3, 0.4) is 0 Å². The molecule has 5 aliphatic carbocycles. The summed E-state index contributed by atoms with van der Waals surface area (Å²) in [5.74, 6) is 4.76. The quantitative estimate of drug-likeness (QED) is 0.176. The van der Waals surface area contributed by atoms with E-state index in [0.29, 0.717) is 0 Å². The maximum atomic E-state index is 5.47. The molecule has 4 bridgehead atoms. The van der Waals surface area contributed by atoms with Crippen LogP contribution in [0, 0.1) is 17.8 Å². The molecule has 4 fully saturated rings. The van der Waals surface area contributed by atoms with Gasteiger partial charge in [-0.2, -0.15) is 0 Å². The van der Waals surface area contributed by atoms with Gasteiger partial charge in [0.1, 0.15) is 0 Å². The van der Waals surface area contributed by atoms with E-state index < -0.39 is 0 Å². The van der Waals surface area contributed by atoms with Crippen molar-refractivity contribution >= 4 is 31.5 Å². The fourth-order valence-corrected chi connectivity index (χ4v) is 13.0. The van der Waals surface area contributed by atoms with Crippen LogP contribution in [0.2, 0.25) is 0 Å². The van der Waals surface area contributed by atoms with Crippen LogP contribution < -0.4 is 0 Å². The molecule has 5 aliphatic rings. The predicted molar refractivity (Wildman–Crippen MR) is 232 cm³/mol. The van der Waals surface area contributed by atoms with Crippen LogP contribution >= 0.6 is 11.3 Å². The molecule has 4 saturated carbocycles. The van der Waals surface area contributed by atoms with E-state index in [1.165, 1.54) is 97.6 Å². The minimum atomic E-state index is -0.126. The van der Waals surface area contributed by atoms with Crippen LogP contribution in [0.5, 0.6) is 0 Å². The molecule has 0 radical (unpaired) electrons. The van der Waals surface area contributed by atoms with Gasteiger partial charge in [-0.05, 0) is 131 Å². The zero-order valence-corrected chi connectivity index (χ0v) is 32.7. The molecule has 272 valence electrons. The van der Waals surface area contributed by atoms with Gasteiger partial charge in [0.25, 0.3) is 0 Å². The van der Waals surface area contributed by atoms with Crippen LogP contribution in [-0.4, -0.2) is 15.0 Å². The SMILES string of the molecule is CC1(C)c2ccccc2-c2ccc(-c3nc(-c4cc(-c5ccccc5)cc(C56CC7CC(CC(C7)C5)C6)c4)nc(-c4cccc5sc6ccccc6c45)n3)cc21. The fraction of sp³-hybridized carbons (Fsp3) is 0.250. The van der Waals surface area contributed by atoms with Crippen molar-refractivity contribution < 1.29 is 0 Å². The lowest BCUT2D eigenvalue weighted by Gasteiger charge is -2.57. The Kier molecular flexibility index (Phi) is 7.04. The van der Waals surface area contributed by atoms with Gasteiger partial charge in [0.2, 0.25) is 0 Å². The van der Waals surface area contributed by atoms with Crippen molar-refractivity contribution in [3.05, 3.63) is 150 Å². The van der Waals surface area contributed by atoms with Crippen molar-refractivity contribution in [2.24, 2.45) is 17.8 Å². The Bertz CT molecular complexity index is 2850. The van der Waals surface area contributed by atoms with Crippen LogP contribution in [0.15, 0.2) is 133 Å². The number of fused-ring (bicyclic) bond motifs is 6. The molecule has 0 unspecified atom stereocenters. The second-order valence-electron chi connectivity index (χ2n) is 17.9. The Morgan fingerprint density at radius 2 is 1.11 bits per heavy atom. The van der Waals surface area contributed by atoms with Crippen molar-refractivity contribution in [3.8, 4) is 56.4 Å². The van der Waals surface area contributed by atoms with Gasteiger partial charge in [-0.3, -0.25) is 0 Å². The molecule has 56 heavy (non-hydrogen) atoms. The number of benzene rings is 6. The van der Waals surface area contributed by atoms with Gasteiger partial charge in [0, 0.05) is 42.3 Å². The highest BCUT2D eigenvalue weighted by atomic mass is 32.1. The van der Waals surface area contributed by atoms with E-state index in [9.17, 15) is 0 Å². The highest BCUT2D eigenvalue weighted by molar-refractivity contribution is 7.25. The zero-order chi connectivity index (χ0) is 37.2. The minimum Gasteiger partial charge on any atom is -0.208 e. The van der Waals surface area contributed by atoms with Crippen LogP contribution in [0.1, 0.15) is 69.1 Å². The molecule has 0 atom stereocenters. The predicted octanol–water partition coefficient (Wildman–Crippen LogP) is 13.7. The van der Waals surface area contributed by atoms with Crippen molar-refractivity contribution in [1.29, 1.82) is 0 Å². The first kappa shape index (κ1) is 32.8.